The summed E-state index contributed by atoms with van der Waals surface area (Å²) < 4.78 is 13.2. The van der Waals surface area contributed by atoms with Gasteiger partial charge in [-0.3, -0.25) is 4.79 Å². The van der Waals surface area contributed by atoms with Crippen molar-refractivity contribution in [2.24, 2.45) is 5.92 Å². The molecule has 1 unspecified atom stereocenters. The van der Waals surface area contributed by atoms with E-state index in [0.29, 0.717) is 25.3 Å². The van der Waals surface area contributed by atoms with Gasteiger partial charge in [-0.2, -0.15) is 12.6 Å². The van der Waals surface area contributed by atoms with Crippen molar-refractivity contribution in [3.8, 4) is 0 Å². The normalized spacial score (nSPS) is 16.4. The van der Waals surface area contributed by atoms with Gasteiger partial charge in [0.2, 0.25) is 5.91 Å². The van der Waals surface area contributed by atoms with Crippen molar-refractivity contribution in [1.29, 1.82) is 0 Å². The fourth-order valence-corrected chi connectivity index (χ4v) is 2.93. The van der Waals surface area contributed by atoms with E-state index in [1.807, 2.05) is 4.90 Å². The van der Waals surface area contributed by atoms with Gasteiger partial charge >= 0.3 is 0 Å². The van der Waals surface area contributed by atoms with Crippen LogP contribution in [0.1, 0.15) is 31.7 Å². The highest BCUT2D eigenvalue weighted by Gasteiger charge is 2.24. The van der Waals surface area contributed by atoms with E-state index in [9.17, 15) is 9.18 Å². The summed E-state index contributed by atoms with van der Waals surface area (Å²) in [5.41, 5.74) is 1.83. The van der Waals surface area contributed by atoms with Gasteiger partial charge in [-0.1, -0.05) is 6.92 Å². The molecule has 4 heteroatoms. The second-order valence-electron chi connectivity index (χ2n) is 5.22. The van der Waals surface area contributed by atoms with Crippen LogP contribution in [0.5, 0.6) is 0 Å². The summed E-state index contributed by atoms with van der Waals surface area (Å²) >= 11 is 4.23. The molecule has 1 aliphatic rings. The monoisotopic (exact) mass is 281 g/mol. The zero-order valence-electron chi connectivity index (χ0n) is 11.2. The van der Waals surface area contributed by atoms with Gasteiger partial charge in [-0.05, 0) is 54.7 Å². The third-order valence-corrected chi connectivity index (χ3v) is 3.97. The number of aryl methyl sites for hydroxylation is 1. The number of carbonyl (C=O) groups is 1. The van der Waals surface area contributed by atoms with Gasteiger partial charge in [0.25, 0.3) is 0 Å². The number of nitrogens with zero attached hydrogens (tertiary/aromatic N) is 1. The van der Waals surface area contributed by atoms with Crippen LogP contribution >= 0.6 is 12.6 Å². The molecule has 1 aliphatic heterocycles. The van der Waals surface area contributed by atoms with Crippen molar-refractivity contribution in [3.63, 3.8) is 0 Å². The lowest BCUT2D eigenvalue weighted by molar-refractivity contribution is -0.118. The molecule has 0 N–H and O–H groups in total. The van der Waals surface area contributed by atoms with E-state index in [-0.39, 0.29) is 11.7 Å². The topological polar surface area (TPSA) is 20.3 Å². The number of rotatable bonds is 5. The summed E-state index contributed by atoms with van der Waals surface area (Å²) in [6, 6.07) is 4.71. The Hall–Kier alpha value is -1.03. The second-order valence-corrected chi connectivity index (χ2v) is 5.67. The second kappa shape index (κ2) is 6.42. The maximum absolute atomic E-state index is 13.2. The molecular formula is C15H20FNOS. The average molecular weight is 281 g/mol. The van der Waals surface area contributed by atoms with Gasteiger partial charge in [0.1, 0.15) is 5.82 Å². The fourth-order valence-electron chi connectivity index (χ4n) is 2.49. The minimum absolute atomic E-state index is 0.150. The van der Waals surface area contributed by atoms with Crippen molar-refractivity contribution in [2.45, 2.75) is 32.6 Å². The first-order valence-corrected chi connectivity index (χ1v) is 7.44. The number of fused-ring (bicyclic) bond motifs is 1. The molecule has 19 heavy (non-hydrogen) atoms. The fraction of sp³-hybridized carbons (Fsp3) is 0.533. The predicted molar refractivity (Wildman–Crippen MR) is 79.3 cm³/mol. The molecule has 2 rings (SSSR count). The molecule has 0 saturated heterocycles. The highest BCUT2D eigenvalue weighted by molar-refractivity contribution is 7.80. The third kappa shape index (κ3) is 3.50. The highest BCUT2D eigenvalue weighted by atomic mass is 32.1. The quantitative estimate of drug-likeness (QED) is 0.820. The van der Waals surface area contributed by atoms with Gasteiger partial charge in [0, 0.05) is 18.7 Å². The molecule has 1 aromatic rings. The van der Waals surface area contributed by atoms with Crippen LogP contribution in [0.2, 0.25) is 0 Å². The van der Waals surface area contributed by atoms with Crippen LogP contribution in [0.15, 0.2) is 18.2 Å². The predicted octanol–water partition coefficient (Wildman–Crippen LogP) is 3.45. The summed E-state index contributed by atoms with van der Waals surface area (Å²) in [5, 5.41) is 0. The number of hydrogen-bond donors (Lipinski definition) is 1. The Kier molecular flexibility index (Phi) is 4.86. The first kappa shape index (κ1) is 14.4. The van der Waals surface area contributed by atoms with Crippen LogP contribution in [-0.2, 0) is 11.2 Å². The van der Waals surface area contributed by atoms with Gasteiger partial charge in [0.05, 0.1) is 0 Å². The zero-order chi connectivity index (χ0) is 13.8. The minimum Gasteiger partial charge on any atom is -0.312 e. The molecule has 0 bridgehead atoms. The van der Waals surface area contributed by atoms with Crippen LogP contribution < -0.4 is 4.90 Å². The molecule has 0 fully saturated rings. The smallest absolute Gasteiger partial charge is 0.227 e. The lowest BCUT2D eigenvalue weighted by Crippen LogP contribution is -2.36. The summed E-state index contributed by atoms with van der Waals surface area (Å²) in [4.78, 5) is 13.8. The number of carbonyl (C=O) groups excluding carboxylic acids is 1. The Bertz CT molecular complexity index is 463. The van der Waals surface area contributed by atoms with Crippen LogP contribution in [0.4, 0.5) is 10.1 Å². The van der Waals surface area contributed by atoms with Crippen LogP contribution in [0.25, 0.3) is 0 Å². The van der Waals surface area contributed by atoms with E-state index < -0.39 is 0 Å². The van der Waals surface area contributed by atoms with Crippen molar-refractivity contribution in [3.05, 3.63) is 29.6 Å². The highest BCUT2D eigenvalue weighted by Crippen LogP contribution is 2.29. The zero-order valence-corrected chi connectivity index (χ0v) is 12.1. The van der Waals surface area contributed by atoms with E-state index in [2.05, 4.69) is 19.6 Å². The van der Waals surface area contributed by atoms with E-state index in [1.54, 1.807) is 12.1 Å². The van der Waals surface area contributed by atoms with Crippen LogP contribution in [-0.4, -0.2) is 18.2 Å². The first-order chi connectivity index (χ1) is 9.11. The number of thiol groups is 1. The molecule has 1 atom stereocenters. The van der Waals surface area contributed by atoms with Gasteiger partial charge < -0.3 is 4.90 Å². The summed E-state index contributed by atoms with van der Waals surface area (Å²) in [5.74, 6) is 1.35. The number of benzene rings is 1. The molecule has 1 amide bonds. The van der Waals surface area contributed by atoms with Gasteiger partial charge in [-0.25, -0.2) is 4.39 Å². The molecule has 0 aromatic heterocycles. The number of halogens is 1. The lowest BCUT2D eigenvalue weighted by atomic mass is 9.99. The molecular weight excluding hydrogens is 261 g/mol. The molecule has 0 spiro atoms. The van der Waals surface area contributed by atoms with E-state index in [0.717, 1.165) is 29.8 Å². The Morgan fingerprint density at radius 2 is 2.16 bits per heavy atom. The molecule has 104 valence electrons. The standard InChI is InChI=1S/C15H20FNOS/c1-11(7-9-19)6-8-17-14-4-3-13(16)10-12(14)2-5-15(17)18/h3-4,10-11,19H,2,5-9H2,1H3. The number of hydrogen-bond acceptors (Lipinski definition) is 2. The SMILES string of the molecule is CC(CCS)CCN1C(=O)CCc2cc(F)ccc21. The van der Waals surface area contributed by atoms with Crippen molar-refractivity contribution < 1.29 is 9.18 Å². The van der Waals surface area contributed by atoms with Gasteiger partial charge in [-0.15, -0.1) is 0 Å². The Balaban J connectivity index is 2.10. The molecule has 0 radical (unpaired) electrons. The minimum atomic E-state index is -0.225. The van der Waals surface area contributed by atoms with Gasteiger partial charge in [0.15, 0.2) is 0 Å². The Morgan fingerprint density at radius 1 is 1.37 bits per heavy atom. The van der Waals surface area contributed by atoms with Crippen LogP contribution in [0, 0.1) is 11.7 Å². The van der Waals surface area contributed by atoms with Crippen molar-refractivity contribution >= 4 is 24.2 Å². The molecule has 0 aliphatic carbocycles. The largest absolute Gasteiger partial charge is 0.312 e. The van der Waals surface area contributed by atoms with E-state index in [1.165, 1.54) is 6.07 Å². The number of amides is 1. The maximum Gasteiger partial charge on any atom is 0.227 e. The maximum atomic E-state index is 13.2. The lowest BCUT2D eigenvalue weighted by Gasteiger charge is -2.30. The molecule has 1 heterocycles. The third-order valence-electron chi connectivity index (χ3n) is 3.71. The van der Waals surface area contributed by atoms with Crippen molar-refractivity contribution in [1.82, 2.24) is 0 Å². The molecule has 2 nitrogen and oxygen atoms in total. The van der Waals surface area contributed by atoms with Crippen LogP contribution in [0.3, 0.4) is 0 Å². The summed E-state index contributed by atoms with van der Waals surface area (Å²) in [7, 11) is 0. The summed E-state index contributed by atoms with van der Waals surface area (Å²) in [6.45, 7) is 2.89. The van der Waals surface area contributed by atoms with Crippen molar-refractivity contribution in [2.75, 3.05) is 17.2 Å². The first-order valence-electron chi connectivity index (χ1n) is 6.81. The number of anilines is 1. The average Bonchev–Trinajstić information content (AvgIpc) is 2.38. The Labute approximate surface area is 119 Å². The molecule has 1 aromatic carbocycles. The Morgan fingerprint density at radius 3 is 2.89 bits per heavy atom. The van der Waals surface area contributed by atoms with E-state index in [4.69, 9.17) is 0 Å². The molecule has 0 saturated carbocycles. The summed E-state index contributed by atoms with van der Waals surface area (Å²) in [6.07, 6.45) is 3.15. The van der Waals surface area contributed by atoms with E-state index >= 15 is 0 Å².